The molecule has 0 unspecified atom stereocenters. The molecule has 0 amide bonds. The summed E-state index contributed by atoms with van der Waals surface area (Å²) in [6, 6.07) is 0. The van der Waals surface area contributed by atoms with E-state index in [0.29, 0.717) is 5.41 Å². The largest absolute Gasteiger partial charge is 0.0654 e. The maximum atomic E-state index is 2.66. The van der Waals surface area contributed by atoms with Gasteiger partial charge in [-0.05, 0) is 129 Å². The third-order valence-corrected chi connectivity index (χ3v) is 11.8. The van der Waals surface area contributed by atoms with E-state index < -0.39 is 0 Å². The molecule has 8 bridgehead atoms. The molecule has 29 heavy (non-hydrogen) atoms. The standard InChI is InChI=1S/C17H30.C12H20/c1-3-4-5-6-7-17(2)15-9-13-8-14(11-15)12-16(17)10-13;1-12(2)10-4-8-3-9(6-10)7-11(12)5-8/h13-16H,3-12H2,1-2H3;8-11H,3-7H2,1-2H3. The zero-order chi connectivity index (χ0) is 20.2. The molecule has 8 fully saturated rings. The minimum Gasteiger partial charge on any atom is -0.0654 e. The molecule has 0 saturated heterocycles. The van der Waals surface area contributed by atoms with Crippen LogP contribution in [0.1, 0.15) is 124 Å². The Kier molecular flexibility index (Phi) is 5.65. The zero-order valence-electron chi connectivity index (χ0n) is 20.2. The van der Waals surface area contributed by atoms with E-state index in [4.69, 9.17) is 0 Å². The van der Waals surface area contributed by atoms with Crippen molar-refractivity contribution >= 4 is 0 Å². The highest BCUT2D eigenvalue weighted by molar-refractivity contribution is 5.04. The van der Waals surface area contributed by atoms with Crippen LogP contribution in [0.25, 0.3) is 0 Å². The predicted octanol–water partition coefficient (Wildman–Crippen LogP) is 8.89. The highest BCUT2D eigenvalue weighted by Crippen LogP contribution is 2.64. The van der Waals surface area contributed by atoms with Crippen LogP contribution in [0.4, 0.5) is 0 Å². The topological polar surface area (TPSA) is 0 Å². The van der Waals surface area contributed by atoms with Crippen molar-refractivity contribution in [3.63, 3.8) is 0 Å². The lowest BCUT2D eigenvalue weighted by molar-refractivity contribution is -0.103. The SMILES string of the molecule is CC1(C)C2CC3CC(C2)CC1C3.CCCCCCC1(C)C2CC3CC(C2)CC1C3. The number of unbranched alkanes of at least 4 members (excludes halogenated alkanes) is 3. The van der Waals surface area contributed by atoms with Crippen molar-refractivity contribution in [2.45, 2.75) is 124 Å². The fourth-order valence-corrected chi connectivity index (χ4v) is 10.0. The molecule has 0 atom stereocenters. The Bertz CT molecular complexity index is 511. The van der Waals surface area contributed by atoms with Crippen molar-refractivity contribution < 1.29 is 0 Å². The summed E-state index contributed by atoms with van der Waals surface area (Å²) in [5.41, 5.74) is 1.45. The van der Waals surface area contributed by atoms with Crippen LogP contribution in [-0.4, -0.2) is 0 Å². The van der Waals surface area contributed by atoms with Crippen LogP contribution in [0.15, 0.2) is 0 Å². The second-order valence-corrected chi connectivity index (χ2v) is 13.7. The van der Waals surface area contributed by atoms with Crippen molar-refractivity contribution in [1.82, 2.24) is 0 Å². The first-order valence-electron chi connectivity index (χ1n) is 13.9. The number of hydrogen-bond acceptors (Lipinski definition) is 0. The van der Waals surface area contributed by atoms with Crippen LogP contribution in [0.2, 0.25) is 0 Å². The Balaban J connectivity index is 0.000000132. The summed E-state index contributed by atoms with van der Waals surface area (Å²) in [6.45, 7) is 10.0. The van der Waals surface area contributed by atoms with E-state index in [2.05, 4.69) is 27.7 Å². The summed E-state index contributed by atoms with van der Waals surface area (Å²) in [4.78, 5) is 0. The van der Waals surface area contributed by atoms with Gasteiger partial charge in [0.05, 0.1) is 0 Å². The molecule has 8 aliphatic carbocycles. The molecular weight excluding hydrogens is 348 g/mol. The third kappa shape index (κ3) is 3.75. The normalized spacial score (nSPS) is 50.5. The average molecular weight is 399 g/mol. The Morgan fingerprint density at radius 1 is 0.517 bits per heavy atom. The fraction of sp³-hybridized carbons (Fsp3) is 1.00. The first kappa shape index (κ1) is 20.9. The average Bonchev–Trinajstić information content (AvgIpc) is 2.68. The van der Waals surface area contributed by atoms with E-state index in [-0.39, 0.29) is 0 Å². The van der Waals surface area contributed by atoms with Crippen LogP contribution >= 0.6 is 0 Å². The van der Waals surface area contributed by atoms with Crippen molar-refractivity contribution in [3.05, 3.63) is 0 Å². The molecule has 8 saturated carbocycles. The van der Waals surface area contributed by atoms with Gasteiger partial charge in [-0.15, -0.1) is 0 Å². The summed E-state index contributed by atoms with van der Waals surface area (Å²) in [6.07, 6.45) is 23.2. The van der Waals surface area contributed by atoms with Gasteiger partial charge in [-0.1, -0.05) is 53.4 Å². The van der Waals surface area contributed by atoms with E-state index in [1.54, 1.807) is 70.6 Å². The summed E-state index contributed by atoms with van der Waals surface area (Å²) >= 11 is 0. The van der Waals surface area contributed by atoms with Gasteiger partial charge in [-0.3, -0.25) is 0 Å². The molecule has 8 rings (SSSR count). The highest BCUT2D eigenvalue weighted by atomic mass is 14.6. The molecule has 0 aliphatic heterocycles. The predicted molar refractivity (Wildman–Crippen MR) is 125 cm³/mol. The van der Waals surface area contributed by atoms with Gasteiger partial charge in [0.15, 0.2) is 0 Å². The lowest BCUT2D eigenvalue weighted by atomic mass is 9.45. The van der Waals surface area contributed by atoms with Crippen molar-refractivity contribution in [1.29, 1.82) is 0 Å². The summed E-state index contributed by atoms with van der Waals surface area (Å²) in [5.74, 6) is 8.96. The quantitative estimate of drug-likeness (QED) is 0.405. The number of hydrogen-bond donors (Lipinski definition) is 0. The molecule has 0 spiro atoms. The van der Waals surface area contributed by atoms with Crippen molar-refractivity contribution in [2.75, 3.05) is 0 Å². The smallest absolute Gasteiger partial charge is 0.0269 e. The minimum atomic E-state index is 0.702. The van der Waals surface area contributed by atoms with Crippen LogP contribution in [0.5, 0.6) is 0 Å². The molecule has 0 aromatic carbocycles. The Morgan fingerprint density at radius 3 is 1.34 bits per heavy atom. The Labute approximate surface area is 182 Å². The van der Waals surface area contributed by atoms with E-state index in [1.165, 1.54) is 25.7 Å². The highest BCUT2D eigenvalue weighted by Gasteiger charge is 2.54. The van der Waals surface area contributed by atoms with E-state index >= 15 is 0 Å². The van der Waals surface area contributed by atoms with Gasteiger partial charge in [-0.25, -0.2) is 0 Å². The van der Waals surface area contributed by atoms with Gasteiger partial charge in [0.2, 0.25) is 0 Å². The maximum Gasteiger partial charge on any atom is -0.0269 e. The molecule has 0 aromatic rings. The fourth-order valence-electron chi connectivity index (χ4n) is 10.0. The van der Waals surface area contributed by atoms with E-state index in [0.717, 1.165) is 52.8 Å². The zero-order valence-corrected chi connectivity index (χ0v) is 20.2. The van der Waals surface area contributed by atoms with Crippen LogP contribution in [0, 0.1) is 58.2 Å². The first-order chi connectivity index (χ1) is 13.9. The minimum absolute atomic E-state index is 0.702. The van der Waals surface area contributed by atoms with Gasteiger partial charge in [0.25, 0.3) is 0 Å². The maximum absolute atomic E-state index is 2.66. The Hall–Kier alpha value is 0. The van der Waals surface area contributed by atoms with E-state index in [9.17, 15) is 0 Å². The summed E-state index contributed by atoms with van der Waals surface area (Å²) in [7, 11) is 0. The molecule has 0 heterocycles. The molecule has 0 aromatic heterocycles. The number of rotatable bonds is 5. The first-order valence-corrected chi connectivity index (χ1v) is 13.9. The van der Waals surface area contributed by atoms with Gasteiger partial charge in [0.1, 0.15) is 0 Å². The second-order valence-electron chi connectivity index (χ2n) is 13.7. The molecule has 0 heteroatoms. The monoisotopic (exact) mass is 398 g/mol. The molecule has 0 radical (unpaired) electrons. The van der Waals surface area contributed by atoms with Crippen LogP contribution in [-0.2, 0) is 0 Å². The van der Waals surface area contributed by atoms with Crippen LogP contribution in [0.3, 0.4) is 0 Å². The van der Waals surface area contributed by atoms with Gasteiger partial charge in [-0.2, -0.15) is 0 Å². The lowest BCUT2D eigenvalue weighted by Crippen LogP contribution is -2.51. The molecular formula is C29H50. The van der Waals surface area contributed by atoms with Gasteiger partial charge < -0.3 is 0 Å². The second kappa shape index (κ2) is 7.85. The van der Waals surface area contributed by atoms with Gasteiger partial charge >= 0.3 is 0 Å². The molecule has 0 nitrogen and oxygen atoms in total. The summed E-state index contributed by atoms with van der Waals surface area (Å²) < 4.78 is 0. The lowest BCUT2D eigenvalue weighted by Gasteiger charge is -2.60. The van der Waals surface area contributed by atoms with Crippen LogP contribution < -0.4 is 0 Å². The summed E-state index contributed by atoms with van der Waals surface area (Å²) in [5, 5.41) is 0. The Morgan fingerprint density at radius 2 is 0.931 bits per heavy atom. The molecule has 166 valence electrons. The van der Waals surface area contributed by atoms with E-state index in [1.807, 2.05) is 0 Å². The van der Waals surface area contributed by atoms with Crippen molar-refractivity contribution in [2.24, 2.45) is 58.2 Å². The molecule has 0 N–H and O–H groups in total. The van der Waals surface area contributed by atoms with Gasteiger partial charge in [0, 0.05) is 0 Å². The third-order valence-electron chi connectivity index (χ3n) is 11.8. The van der Waals surface area contributed by atoms with Crippen molar-refractivity contribution in [3.8, 4) is 0 Å². The molecule has 8 aliphatic rings.